The highest BCUT2D eigenvalue weighted by molar-refractivity contribution is 6.01. The van der Waals surface area contributed by atoms with Gasteiger partial charge in [-0.25, -0.2) is 4.79 Å². The van der Waals surface area contributed by atoms with E-state index in [0.29, 0.717) is 18.5 Å². The molecule has 0 aromatic heterocycles. The second kappa shape index (κ2) is 6.90. The Hall–Kier alpha value is -2.57. The number of hydrogen-bond donors (Lipinski definition) is 2. The maximum Gasteiger partial charge on any atom is 0.412 e. The van der Waals surface area contributed by atoms with Crippen molar-refractivity contribution < 1.29 is 19.1 Å². The van der Waals surface area contributed by atoms with Gasteiger partial charge in [-0.1, -0.05) is 0 Å². The van der Waals surface area contributed by atoms with Crippen LogP contribution in [0.4, 0.5) is 16.2 Å². The lowest BCUT2D eigenvalue weighted by Gasteiger charge is -2.31. The fourth-order valence-corrected chi connectivity index (χ4v) is 2.43. The number of nitrogens with zero attached hydrogens (tertiary/aromatic N) is 1. The summed E-state index contributed by atoms with van der Waals surface area (Å²) in [6, 6.07) is 6.70. The van der Waals surface area contributed by atoms with Crippen LogP contribution < -0.4 is 15.5 Å². The van der Waals surface area contributed by atoms with Gasteiger partial charge in [0, 0.05) is 24.8 Å². The van der Waals surface area contributed by atoms with Gasteiger partial charge in [-0.15, -0.1) is 0 Å². The number of piperidine rings is 1. The van der Waals surface area contributed by atoms with E-state index in [2.05, 4.69) is 10.6 Å². The van der Waals surface area contributed by atoms with E-state index in [9.17, 15) is 14.4 Å². The first-order valence-electron chi connectivity index (χ1n) is 7.82. The lowest BCUT2D eigenvalue weighted by atomic mass is 10.0. The average molecular weight is 333 g/mol. The predicted octanol–water partition coefficient (Wildman–Crippen LogP) is 2.27. The second-order valence-corrected chi connectivity index (χ2v) is 6.75. The van der Waals surface area contributed by atoms with E-state index in [4.69, 9.17) is 4.74 Å². The second-order valence-electron chi connectivity index (χ2n) is 6.75. The molecule has 3 amide bonds. The van der Waals surface area contributed by atoms with Crippen LogP contribution in [-0.2, 0) is 14.3 Å². The van der Waals surface area contributed by atoms with Gasteiger partial charge in [0.15, 0.2) is 0 Å². The minimum absolute atomic E-state index is 0.235. The zero-order valence-corrected chi connectivity index (χ0v) is 14.4. The molecule has 7 heteroatoms. The third kappa shape index (κ3) is 4.71. The quantitative estimate of drug-likeness (QED) is 0.829. The first-order chi connectivity index (χ1) is 11.2. The third-order valence-electron chi connectivity index (χ3n) is 3.60. The topological polar surface area (TPSA) is 87.7 Å². The summed E-state index contributed by atoms with van der Waals surface area (Å²) in [5, 5.41) is 5.00. The van der Waals surface area contributed by atoms with E-state index in [1.807, 2.05) is 4.90 Å². The molecule has 1 unspecified atom stereocenters. The third-order valence-corrected chi connectivity index (χ3v) is 3.60. The van der Waals surface area contributed by atoms with Crippen LogP contribution in [-0.4, -0.2) is 36.6 Å². The Bertz CT molecular complexity index is 634. The SMILES string of the molecule is CN(c1ccc(NC(=O)OC(C)(C)C)cc1)C1CCC(=O)NC1=O. The molecule has 0 aliphatic carbocycles. The Morgan fingerprint density at radius 2 is 1.88 bits per heavy atom. The Labute approximate surface area is 141 Å². The molecular formula is C17H23N3O4. The highest BCUT2D eigenvalue weighted by atomic mass is 16.6. The minimum Gasteiger partial charge on any atom is -0.444 e. The molecule has 130 valence electrons. The van der Waals surface area contributed by atoms with Gasteiger partial charge in [0.05, 0.1) is 0 Å². The van der Waals surface area contributed by atoms with Crippen LogP contribution >= 0.6 is 0 Å². The number of hydrogen-bond acceptors (Lipinski definition) is 5. The lowest BCUT2D eigenvalue weighted by Crippen LogP contribution is -2.51. The van der Waals surface area contributed by atoms with Crippen LogP contribution in [0.25, 0.3) is 0 Å². The molecular weight excluding hydrogens is 310 g/mol. The first kappa shape index (κ1) is 17.8. The molecule has 0 radical (unpaired) electrons. The zero-order chi connectivity index (χ0) is 17.9. The van der Waals surface area contributed by atoms with E-state index in [-0.39, 0.29) is 17.9 Å². The Morgan fingerprint density at radius 1 is 1.25 bits per heavy atom. The summed E-state index contributed by atoms with van der Waals surface area (Å²) in [4.78, 5) is 36.7. The number of carbonyl (C=O) groups is 3. The van der Waals surface area contributed by atoms with E-state index in [1.54, 1.807) is 52.1 Å². The first-order valence-corrected chi connectivity index (χ1v) is 7.82. The number of anilines is 2. The van der Waals surface area contributed by atoms with Crippen molar-refractivity contribution in [1.29, 1.82) is 0 Å². The number of benzene rings is 1. The number of carbonyl (C=O) groups excluding carboxylic acids is 3. The predicted molar refractivity (Wildman–Crippen MR) is 90.9 cm³/mol. The maximum atomic E-state index is 11.9. The largest absolute Gasteiger partial charge is 0.444 e. The van der Waals surface area contributed by atoms with Gasteiger partial charge in [-0.2, -0.15) is 0 Å². The molecule has 2 N–H and O–H groups in total. The van der Waals surface area contributed by atoms with E-state index in [1.165, 1.54) is 0 Å². The minimum atomic E-state index is -0.560. The van der Waals surface area contributed by atoms with Crippen LogP contribution in [0.15, 0.2) is 24.3 Å². The van der Waals surface area contributed by atoms with Gasteiger partial charge in [-0.05, 0) is 51.5 Å². The van der Waals surface area contributed by atoms with Gasteiger partial charge < -0.3 is 9.64 Å². The molecule has 1 aromatic carbocycles. The van der Waals surface area contributed by atoms with Crippen LogP contribution in [0.5, 0.6) is 0 Å². The zero-order valence-electron chi connectivity index (χ0n) is 14.4. The number of ether oxygens (including phenoxy) is 1. The fraction of sp³-hybridized carbons (Fsp3) is 0.471. The molecule has 1 saturated heterocycles. The van der Waals surface area contributed by atoms with Gasteiger partial charge in [0.1, 0.15) is 11.6 Å². The summed E-state index contributed by atoms with van der Waals surface area (Å²) in [6.07, 6.45) is 0.298. The summed E-state index contributed by atoms with van der Waals surface area (Å²) in [6.45, 7) is 5.39. The van der Waals surface area contributed by atoms with Crippen molar-refractivity contribution in [1.82, 2.24) is 5.32 Å². The van der Waals surface area contributed by atoms with E-state index in [0.717, 1.165) is 5.69 Å². The highest BCUT2D eigenvalue weighted by Crippen LogP contribution is 2.22. The van der Waals surface area contributed by atoms with Gasteiger partial charge in [0.25, 0.3) is 0 Å². The molecule has 1 aromatic rings. The molecule has 0 bridgehead atoms. The van der Waals surface area contributed by atoms with Gasteiger partial charge in [0.2, 0.25) is 11.8 Å². The molecule has 1 aliphatic heterocycles. The van der Waals surface area contributed by atoms with Crippen LogP contribution in [0.2, 0.25) is 0 Å². The lowest BCUT2D eigenvalue weighted by molar-refractivity contribution is -0.134. The van der Waals surface area contributed by atoms with E-state index >= 15 is 0 Å². The summed E-state index contributed by atoms with van der Waals surface area (Å²) in [5.41, 5.74) is 0.861. The van der Waals surface area contributed by atoms with Crippen molar-refractivity contribution in [2.24, 2.45) is 0 Å². The smallest absolute Gasteiger partial charge is 0.412 e. The van der Waals surface area contributed by atoms with Gasteiger partial charge >= 0.3 is 6.09 Å². The number of imide groups is 1. The Morgan fingerprint density at radius 3 is 2.42 bits per heavy atom. The van der Waals surface area contributed by atoms with Crippen molar-refractivity contribution in [3.8, 4) is 0 Å². The Kier molecular flexibility index (Phi) is 5.11. The fourth-order valence-electron chi connectivity index (χ4n) is 2.43. The van der Waals surface area contributed by atoms with Crippen molar-refractivity contribution in [3.05, 3.63) is 24.3 Å². The average Bonchev–Trinajstić information content (AvgIpc) is 2.45. The van der Waals surface area contributed by atoms with Crippen molar-refractivity contribution in [2.75, 3.05) is 17.3 Å². The van der Waals surface area contributed by atoms with Crippen molar-refractivity contribution in [3.63, 3.8) is 0 Å². The molecule has 2 rings (SSSR count). The van der Waals surface area contributed by atoms with Crippen molar-refractivity contribution >= 4 is 29.3 Å². The molecule has 1 fully saturated rings. The van der Waals surface area contributed by atoms with Crippen LogP contribution in [0.1, 0.15) is 33.6 Å². The van der Waals surface area contributed by atoms with Crippen molar-refractivity contribution in [2.45, 2.75) is 45.3 Å². The molecule has 0 saturated carbocycles. The number of amides is 3. The molecule has 24 heavy (non-hydrogen) atoms. The number of rotatable bonds is 3. The van der Waals surface area contributed by atoms with E-state index < -0.39 is 11.7 Å². The highest BCUT2D eigenvalue weighted by Gasteiger charge is 2.29. The number of nitrogens with one attached hydrogen (secondary N) is 2. The van der Waals surface area contributed by atoms with Gasteiger partial charge in [-0.3, -0.25) is 20.2 Å². The monoisotopic (exact) mass is 333 g/mol. The summed E-state index contributed by atoms with van der Waals surface area (Å²) < 4.78 is 5.19. The van der Waals surface area contributed by atoms with Crippen LogP contribution in [0.3, 0.4) is 0 Å². The molecule has 7 nitrogen and oxygen atoms in total. The molecule has 1 heterocycles. The molecule has 1 atom stereocenters. The summed E-state index contributed by atoms with van der Waals surface area (Å²) >= 11 is 0. The van der Waals surface area contributed by atoms with Crippen LogP contribution in [0, 0.1) is 0 Å². The standard InChI is InChI=1S/C17H23N3O4/c1-17(2,3)24-16(23)18-11-5-7-12(8-6-11)20(4)13-9-10-14(21)19-15(13)22/h5-8,13H,9-10H2,1-4H3,(H,18,23)(H,19,21,22). The number of likely N-dealkylation sites (N-methyl/N-ethyl adjacent to an activating group) is 1. The Balaban J connectivity index is 2.00. The normalized spacial score (nSPS) is 17.9. The summed E-state index contributed by atoms with van der Waals surface area (Å²) in [7, 11) is 1.80. The maximum absolute atomic E-state index is 11.9. The summed E-state index contributed by atoms with van der Waals surface area (Å²) in [5.74, 6) is -0.522. The molecule has 0 spiro atoms. The molecule has 1 aliphatic rings.